The Morgan fingerprint density at radius 2 is 2.27 bits per heavy atom. The molecule has 0 heterocycles. The number of aromatic carboxylic acids is 1. The zero-order valence-electron chi connectivity index (χ0n) is 8.53. The topological polar surface area (TPSA) is 63.3 Å². The summed E-state index contributed by atoms with van der Waals surface area (Å²) in [6.45, 7) is 1.94. The van der Waals surface area contributed by atoms with Gasteiger partial charge in [-0.25, -0.2) is 9.18 Å². The second kappa shape index (κ2) is 4.89. The Labute approximate surface area is 87.7 Å². The molecule has 4 heteroatoms. The van der Waals surface area contributed by atoms with Crippen molar-refractivity contribution in [3.05, 3.63) is 35.1 Å². The number of benzene rings is 1. The molecule has 0 spiro atoms. The van der Waals surface area contributed by atoms with Crippen LogP contribution in [0.5, 0.6) is 0 Å². The second-order valence-electron chi connectivity index (χ2n) is 3.44. The third-order valence-corrected chi connectivity index (χ3v) is 2.24. The van der Waals surface area contributed by atoms with E-state index in [2.05, 4.69) is 0 Å². The van der Waals surface area contributed by atoms with Crippen molar-refractivity contribution in [2.75, 3.05) is 0 Å². The molecule has 0 radical (unpaired) electrons. The minimum atomic E-state index is -1.07. The van der Waals surface area contributed by atoms with Gasteiger partial charge in [0.2, 0.25) is 0 Å². The van der Waals surface area contributed by atoms with Gasteiger partial charge in [0.05, 0.1) is 5.56 Å². The Balaban J connectivity index is 3.04. The molecule has 15 heavy (non-hydrogen) atoms. The predicted molar refractivity (Wildman–Crippen MR) is 55.2 cm³/mol. The third-order valence-electron chi connectivity index (χ3n) is 2.24. The summed E-state index contributed by atoms with van der Waals surface area (Å²) in [6.07, 6.45) is 1.47. The Morgan fingerprint density at radius 3 is 2.80 bits per heavy atom. The maximum absolute atomic E-state index is 13.3. The number of hydrogen-bond donors (Lipinski definition) is 2. The van der Waals surface area contributed by atoms with E-state index in [1.165, 1.54) is 12.1 Å². The van der Waals surface area contributed by atoms with Gasteiger partial charge < -0.3 is 10.8 Å². The van der Waals surface area contributed by atoms with E-state index in [-0.39, 0.29) is 11.1 Å². The number of halogens is 1. The molecule has 0 saturated heterocycles. The van der Waals surface area contributed by atoms with E-state index in [1.54, 1.807) is 0 Å². The fraction of sp³-hybridized carbons (Fsp3) is 0.364. The fourth-order valence-electron chi connectivity index (χ4n) is 1.43. The maximum atomic E-state index is 13.3. The standard InChI is InChI=1S/C11H14FNO2/c1-2-3-10(13)8-6-7(11(14)15)4-5-9(8)12/h4-6,10H,2-3,13H2,1H3,(H,14,15)/t10-/m0/s1. The summed E-state index contributed by atoms with van der Waals surface area (Å²) < 4.78 is 13.3. The largest absolute Gasteiger partial charge is 0.478 e. The molecule has 3 nitrogen and oxygen atoms in total. The number of hydrogen-bond acceptors (Lipinski definition) is 2. The van der Waals surface area contributed by atoms with Crippen LogP contribution in [0, 0.1) is 5.82 Å². The number of carboxylic acids is 1. The predicted octanol–water partition coefficient (Wildman–Crippen LogP) is 2.32. The van der Waals surface area contributed by atoms with Gasteiger partial charge in [0, 0.05) is 11.6 Å². The lowest BCUT2D eigenvalue weighted by atomic mass is 10.0. The first-order valence-corrected chi connectivity index (χ1v) is 4.84. The van der Waals surface area contributed by atoms with E-state index in [0.29, 0.717) is 6.42 Å². The van der Waals surface area contributed by atoms with Crippen LogP contribution in [0.4, 0.5) is 4.39 Å². The molecule has 1 aromatic rings. The summed E-state index contributed by atoms with van der Waals surface area (Å²) in [6, 6.07) is 3.25. The molecule has 1 aromatic carbocycles. The van der Waals surface area contributed by atoms with Gasteiger partial charge in [0.15, 0.2) is 0 Å². The van der Waals surface area contributed by atoms with Gasteiger partial charge in [-0.3, -0.25) is 0 Å². The van der Waals surface area contributed by atoms with Crippen LogP contribution in [0.15, 0.2) is 18.2 Å². The van der Waals surface area contributed by atoms with Gasteiger partial charge in [-0.1, -0.05) is 13.3 Å². The summed E-state index contributed by atoms with van der Waals surface area (Å²) in [5, 5.41) is 8.75. The highest BCUT2D eigenvalue weighted by Gasteiger charge is 2.13. The van der Waals surface area contributed by atoms with Crippen molar-refractivity contribution in [1.82, 2.24) is 0 Å². The normalized spacial score (nSPS) is 12.5. The zero-order valence-corrected chi connectivity index (χ0v) is 8.53. The summed E-state index contributed by atoms with van der Waals surface area (Å²) in [5.74, 6) is -1.51. The molecule has 0 aliphatic heterocycles. The van der Waals surface area contributed by atoms with Gasteiger partial charge >= 0.3 is 5.97 Å². The smallest absolute Gasteiger partial charge is 0.335 e. The Hall–Kier alpha value is -1.42. The maximum Gasteiger partial charge on any atom is 0.335 e. The van der Waals surface area contributed by atoms with Crippen molar-refractivity contribution in [2.24, 2.45) is 5.73 Å². The molecule has 0 fully saturated rings. The van der Waals surface area contributed by atoms with Gasteiger partial charge in [0.25, 0.3) is 0 Å². The molecule has 3 N–H and O–H groups in total. The van der Waals surface area contributed by atoms with E-state index in [4.69, 9.17) is 10.8 Å². The molecular formula is C11H14FNO2. The van der Waals surface area contributed by atoms with E-state index < -0.39 is 17.8 Å². The average Bonchev–Trinajstić information content (AvgIpc) is 2.18. The SMILES string of the molecule is CCC[C@H](N)c1cc(C(=O)O)ccc1F. The van der Waals surface area contributed by atoms with Crippen LogP contribution >= 0.6 is 0 Å². The van der Waals surface area contributed by atoms with Crippen LogP contribution in [-0.2, 0) is 0 Å². The van der Waals surface area contributed by atoms with Gasteiger partial charge in [0.1, 0.15) is 5.82 Å². The van der Waals surface area contributed by atoms with Gasteiger partial charge in [-0.2, -0.15) is 0 Å². The number of carbonyl (C=O) groups is 1. The van der Waals surface area contributed by atoms with Crippen molar-refractivity contribution >= 4 is 5.97 Å². The minimum absolute atomic E-state index is 0.0675. The first-order chi connectivity index (χ1) is 7.06. The lowest BCUT2D eigenvalue weighted by Crippen LogP contribution is -2.13. The Morgan fingerprint density at radius 1 is 1.60 bits per heavy atom. The molecule has 0 aromatic heterocycles. The molecule has 1 atom stereocenters. The molecule has 0 unspecified atom stereocenters. The number of carboxylic acid groups (broad SMARTS) is 1. The summed E-state index contributed by atoms with van der Waals surface area (Å²) in [4.78, 5) is 10.7. The van der Waals surface area contributed by atoms with E-state index >= 15 is 0 Å². The molecule has 1 rings (SSSR count). The van der Waals surface area contributed by atoms with Crippen LogP contribution < -0.4 is 5.73 Å². The highest BCUT2D eigenvalue weighted by Crippen LogP contribution is 2.20. The van der Waals surface area contributed by atoms with Gasteiger partial charge in [-0.15, -0.1) is 0 Å². The summed E-state index contributed by atoms with van der Waals surface area (Å²) in [5.41, 5.74) is 6.08. The van der Waals surface area contributed by atoms with E-state index in [9.17, 15) is 9.18 Å². The highest BCUT2D eigenvalue weighted by molar-refractivity contribution is 5.87. The molecule has 82 valence electrons. The Kier molecular flexibility index (Phi) is 3.80. The second-order valence-corrected chi connectivity index (χ2v) is 3.44. The van der Waals surface area contributed by atoms with Crippen LogP contribution in [0.25, 0.3) is 0 Å². The van der Waals surface area contributed by atoms with Crippen molar-refractivity contribution in [1.29, 1.82) is 0 Å². The third kappa shape index (κ3) is 2.76. The first-order valence-electron chi connectivity index (χ1n) is 4.84. The summed E-state index contributed by atoms with van der Waals surface area (Å²) in [7, 11) is 0. The number of nitrogens with two attached hydrogens (primary N) is 1. The first kappa shape index (κ1) is 11.7. The molecule has 0 aliphatic rings. The molecule has 0 amide bonds. The van der Waals surface area contributed by atoms with E-state index in [0.717, 1.165) is 12.5 Å². The quantitative estimate of drug-likeness (QED) is 0.803. The molecular weight excluding hydrogens is 197 g/mol. The Bertz CT molecular complexity index is 366. The van der Waals surface area contributed by atoms with Crippen molar-refractivity contribution < 1.29 is 14.3 Å². The minimum Gasteiger partial charge on any atom is -0.478 e. The molecule has 0 aliphatic carbocycles. The highest BCUT2D eigenvalue weighted by atomic mass is 19.1. The fourth-order valence-corrected chi connectivity index (χ4v) is 1.43. The van der Waals surface area contributed by atoms with Crippen LogP contribution in [-0.4, -0.2) is 11.1 Å². The molecule has 0 saturated carbocycles. The molecule has 0 bridgehead atoms. The van der Waals surface area contributed by atoms with Crippen LogP contribution in [0.2, 0.25) is 0 Å². The van der Waals surface area contributed by atoms with Crippen molar-refractivity contribution in [3.63, 3.8) is 0 Å². The van der Waals surface area contributed by atoms with Gasteiger partial charge in [-0.05, 0) is 24.6 Å². The van der Waals surface area contributed by atoms with E-state index in [1.807, 2.05) is 6.92 Å². The average molecular weight is 211 g/mol. The van der Waals surface area contributed by atoms with Crippen molar-refractivity contribution in [2.45, 2.75) is 25.8 Å². The lowest BCUT2D eigenvalue weighted by Gasteiger charge is -2.12. The van der Waals surface area contributed by atoms with Crippen LogP contribution in [0.1, 0.15) is 41.7 Å². The number of rotatable bonds is 4. The zero-order chi connectivity index (χ0) is 11.4. The summed E-state index contributed by atoms with van der Waals surface area (Å²) >= 11 is 0. The monoisotopic (exact) mass is 211 g/mol. The van der Waals surface area contributed by atoms with Crippen molar-refractivity contribution in [3.8, 4) is 0 Å². The lowest BCUT2D eigenvalue weighted by molar-refractivity contribution is 0.0696. The van der Waals surface area contributed by atoms with Crippen LogP contribution in [0.3, 0.4) is 0 Å².